The van der Waals surface area contributed by atoms with Crippen LogP contribution in [0.2, 0.25) is 0 Å². The Labute approximate surface area is 134 Å². The summed E-state index contributed by atoms with van der Waals surface area (Å²) in [7, 11) is 0. The number of hydrogen-bond donors (Lipinski definition) is 1. The fourth-order valence-electron chi connectivity index (χ4n) is 2.36. The lowest BCUT2D eigenvalue weighted by Crippen LogP contribution is -2.49. The molecule has 0 aliphatic carbocycles. The number of halogens is 1. The average molecular weight is 356 g/mol. The van der Waals surface area contributed by atoms with E-state index in [1.807, 2.05) is 39.1 Å². The number of carbonyl (C=O) groups is 1. The van der Waals surface area contributed by atoms with Crippen LogP contribution in [0.3, 0.4) is 0 Å². The van der Waals surface area contributed by atoms with Crippen molar-refractivity contribution in [3.63, 3.8) is 0 Å². The largest absolute Gasteiger partial charge is 0.444 e. The minimum atomic E-state index is -0.464. The van der Waals surface area contributed by atoms with Crippen LogP contribution >= 0.6 is 15.9 Å². The van der Waals surface area contributed by atoms with Gasteiger partial charge in [0.2, 0.25) is 0 Å². The van der Waals surface area contributed by atoms with Gasteiger partial charge in [-0.2, -0.15) is 0 Å². The SMILES string of the molecule is CC(C)(C)OC(=O)N[C@@H]1CCCN(c2ccc(Br)nc2)C1. The van der Waals surface area contributed by atoms with Crippen LogP contribution in [0.15, 0.2) is 22.9 Å². The monoisotopic (exact) mass is 355 g/mol. The van der Waals surface area contributed by atoms with Gasteiger partial charge in [-0.05, 0) is 61.7 Å². The van der Waals surface area contributed by atoms with Crippen LogP contribution in [-0.2, 0) is 4.74 Å². The lowest BCUT2D eigenvalue weighted by molar-refractivity contribution is 0.0500. The normalized spacial score (nSPS) is 19.2. The summed E-state index contributed by atoms with van der Waals surface area (Å²) in [4.78, 5) is 18.3. The van der Waals surface area contributed by atoms with Crippen LogP contribution < -0.4 is 10.2 Å². The van der Waals surface area contributed by atoms with Crippen molar-refractivity contribution < 1.29 is 9.53 Å². The molecular weight excluding hydrogens is 334 g/mol. The summed E-state index contributed by atoms with van der Waals surface area (Å²) < 4.78 is 6.14. The number of amides is 1. The molecule has 0 saturated carbocycles. The minimum Gasteiger partial charge on any atom is -0.444 e. The van der Waals surface area contributed by atoms with Gasteiger partial charge in [0.15, 0.2) is 0 Å². The van der Waals surface area contributed by atoms with Crippen LogP contribution in [0.5, 0.6) is 0 Å². The molecule has 0 radical (unpaired) electrons. The maximum Gasteiger partial charge on any atom is 0.407 e. The smallest absolute Gasteiger partial charge is 0.407 e. The minimum absolute atomic E-state index is 0.109. The van der Waals surface area contributed by atoms with E-state index in [1.165, 1.54) is 0 Å². The molecule has 116 valence electrons. The molecule has 0 bridgehead atoms. The molecule has 2 heterocycles. The molecule has 1 saturated heterocycles. The van der Waals surface area contributed by atoms with Gasteiger partial charge in [0.1, 0.15) is 10.2 Å². The van der Waals surface area contributed by atoms with Gasteiger partial charge in [0, 0.05) is 19.1 Å². The highest BCUT2D eigenvalue weighted by Crippen LogP contribution is 2.20. The predicted molar refractivity (Wildman–Crippen MR) is 86.5 cm³/mol. The third-order valence-electron chi connectivity index (χ3n) is 3.22. The number of nitrogens with zero attached hydrogens (tertiary/aromatic N) is 2. The van der Waals surface area contributed by atoms with Gasteiger partial charge in [0.25, 0.3) is 0 Å². The number of pyridine rings is 1. The third kappa shape index (κ3) is 5.19. The van der Waals surface area contributed by atoms with E-state index in [0.29, 0.717) is 0 Å². The van der Waals surface area contributed by atoms with Crippen LogP contribution in [0.25, 0.3) is 0 Å². The summed E-state index contributed by atoms with van der Waals surface area (Å²) in [5.41, 5.74) is 0.613. The van der Waals surface area contributed by atoms with Crippen LogP contribution in [0, 0.1) is 0 Å². The number of rotatable bonds is 2. The molecular formula is C15H22BrN3O2. The van der Waals surface area contributed by atoms with Crippen molar-refractivity contribution in [2.45, 2.75) is 45.3 Å². The third-order valence-corrected chi connectivity index (χ3v) is 3.69. The quantitative estimate of drug-likeness (QED) is 0.826. The standard InChI is InChI=1S/C15H22BrN3O2/c1-15(2,3)21-14(20)18-11-5-4-8-19(10-11)12-6-7-13(16)17-9-12/h6-7,9,11H,4-5,8,10H2,1-3H3,(H,18,20)/t11-/m1/s1. The van der Waals surface area contributed by atoms with E-state index in [1.54, 1.807) is 0 Å². The Morgan fingerprint density at radius 1 is 1.48 bits per heavy atom. The van der Waals surface area contributed by atoms with E-state index in [4.69, 9.17) is 4.74 Å². The molecule has 0 aromatic carbocycles. The Bertz CT molecular complexity index is 485. The highest BCUT2D eigenvalue weighted by atomic mass is 79.9. The number of piperidine rings is 1. The Balaban J connectivity index is 1.91. The lowest BCUT2D eigenvalue weighted by Gasteiger charge is -2.34. The van der Waals surface area contributed by atoms with Gasteiger partial charge >= 0.3 is 6.09 Å². The summed E-state index contributed by atoms with van der Waals surface area (Å²) in [6.45, 7) is 7.37. The van der Waals surface area contributed by atoms with E-state index >= 15 is 0 Å². The zero-order chi connectivity index (χ0) is 15.5. The lowest BCUT2D eigenvalue weighted by atomic mass is 10.1. The summed E-state index contributed by atoms with van der Waals surface area (Å²) in [5, 5.41) is 2.95. The Hall–Kier alpha value is -1.30. The first kappa shape index (κ1) is 16.1. The van der Waals surface area contributed by atoms with Gasteiger partial charge in [-0.3, -0.25) is 0 Å². The van der Waals surface area contributed by atoms with Gasteiger partial charge in [-0.15, -0.1) is 0 Å². The second-order valence-corrected chi connectivity index (χ2v) is 7.08. The fourth-order valence-corrected chi connectivity index (χ4v) is 2.59. The number of anilines is 1. The van der Waals surface area contributed by atoms with E-state index in [-0.39, 0.29) is 12.1 Å². The van der Waals surface area contributed by atoms with Gasteiger partial charge in [-0.1, -0.05) is 0 Å². The highest BCUT2D eigenvalue weighted by Gasteiger charge is 2.24. The Kier molecular flexibility index (Phi) is 5.08. The zero-order valence-electron chi connectivity index (χ0n) is 12.7. The predicted octanol–water partition coefficient (Wildman–Crippen LogP) is 3.34. The number of alkyl carbamates (subject to hydrolysis) is 1. The summed E-state index contributed by atoms with van der Waals surface area (Å²) in [6.07, 6.45) is 3.51. The molecule has 1 amide bonds. The van der Waals surface area contributed by atoms with Crippen molar-refractivity contribution in [3.8, 4) is 0 Å². The highest BCUT2D eigenvalue weighted by molar-refractivity contribution is 9.10. The molecule has 1 N–H and O–H groups in total. The summed E-state index contributed by atoms with van der Waals surface area (Å²) in [6, 6.07) is 4.07. The second-order valence-electron chi connectivity index (χ2n) is 6.27. The van der Waals surface area contributed by atoms with Crippen molar-refractivity contribution in [2.75, 3.05) is 18.0 Å². The van der Waals surface area contributed by atoms with Crippen LogP contribution in [0.1, 0.15) is 33.6 Å². The van der Waals surface area contributed by atoms with E-state index < -0.39 is 5.60 Å². The van der Waals surface area contributed by atoms with Gasteiger partial charge < -0.3 is 15.0 Å². The molecule has 5 nitrogen and oxygen atoms in total. The molecule has 1 fully saturated rings. The second kappa shape index (κ2) is 6.64. The summed E-state index contributed by atoms with van der Waals surface area (Å²) in [5.74, 6) is 0. The molecule has 0 spiro atoms. The first-order chi connectivity index (χ1) is 9.83. The summed E-state index contributed by atoms with van der Waals surface area (Å²) >= 11 is 3.34. The fraction of sp³-hybridized carbons (Fsp3) is 0.600. The maximum absolute atomic E-state index is 11.8. The molecule has 21 heavy (non-hydrogen) atoms. The molecule has 2 rings (SSSR count). The van der Waals surface area contributed by atoms with E-state index in [0.717, 1.165) is 36.2 Å². The van der Waals surface area contributed by atoms with Crippen molar-refractivity contribution in [1.82, 2.24) is 10.3 Å². The number of ether oxygens (including phenoxy) is 1. The zero-order valence-corrected chi connectivity index (χ0v) is 14.3. The molecule has 1 aliphatic rings. The molecule has 1 atom stereocenters. The molecule has 6 heteroatoms. The van der Waals surface area contributed by atoms with Crippen molar-refractivity contribution >= 4 is 27.7 Å². The van der Waals surface area contributed by atoms with Crippen molar-refractivity contribution in [1.29, 1.82) is 0 Å². The number of carbonyl (C=O) groups excluding carboxylic acids is 1. The average Bonchev–Trinajstić information content (AvgIpc) is 2.37. The molecule has 0 unspecified atom stereocenters. The van der Waals surface area contributed by atoms with Gasteiger partial charge in [-0.25, -0.2) is 9.78 Å². The molecule has 1 aromatic rings. The number of hydrogen-bond acceptors (Lipinski definition) is 4. The topological polar surface area (TPSA) is 54.5 Å². The first-order valence-corrected chi connectivity index (χ1v) is 7.99. The van der Waals surface area contributed by atoms with Crippen LogP contribution in [-0.4, -0.2) is 35.8 Å². The van der Waals surface area contributed by atoms with Crippen LogP contribution in [0.4, 0.5) is 10.5 Å². The first-order valence-electron chi connectivity index (χ1n) is 7.19. The number of nitrogens with one attached hydrogen (secondary N) is 1. The van der Waals surface area contributed by atoms with E-state index in [9.17, 15) is 4.79 Å². The molecule has 1 aliphatic heterocycles. The van der Waals surface area contributed by atoms with Crippen molar-refractivity contribution in [2.24, 2.45) is 0 Å². The molecule has 1 aromatic heterocycles. The number of aromatic nitrogens is 1. The van der Waals surface area contributed by atoms with Crippen molar-refractivity contribution in [3.05, 3.63) is 22.9 Å². The van der Waals surface area contributed by atoms with E-state index in [2.05, 4.69) is 31.1 Å². The maximum atomic E-state index is 11.8. The Morgan fingerprint density at radius 3 is 2.86 bits per heavy atom. The van der Waals surface area contributed by atoms with Gasteiger partial charge in [0.05, 0.1) is 11.9 Å². The Morgan fingerprint density at radius 2 is 2.24 bits per heavy atom.